The maximum Gasteiger partial charge on any atom is 0.285 e. The van der Waals surface area contributed by atoms with Crippen LogP contribution >= 0.6 is 11.3 Å². The molecule has 114 valence electrons. The number of hydrogen-bond donors (Lipinski definition) is 0. The van der Waals surface area contributed by atoms with Crippen molar-refractivity contribution in [2.24, 2.45) is 0 Å². The Bertz CT molecular complexity index is 558. The molecule has 6 nitrogen and oxygen atoms in total. The van der Waals surface area contributed by atoms with E-state index in [9.17, 15) is 9.59 Å². The Morgan fingerprint density at radius 3 is 3.00 bits per heavy atom. The molecular formula is C13H15FN2O4S. The number of fused-ring (bicyclic) bond motifs is 1. The Balaban J connectivity index is 1.79. The van der Waals surface area contributed by atoms with E-state index in [1.165, 1.54) is 18.4 Å². The van der Waals surface area contributed by atoms with Crippen LogP contribution in [0.2, 0.25) is 0 Å². The highest BCUT2D eigenvalue weighted by Crippen LogP contribution is 2.40. The summed E-state index contributed by atoms with van der Waals surface area (Å²) in [6.45, 7) is 0.434. The Hall–Kier alpha value is -1.51. The topological polar surface area (TPSA) is 59.1 Å². The Kier molecular flexibility index (Phi) is 3.68. The first-order chi connectivity index (χ1) is 10.1. The number of imide groups is 1. The van der Waals surface area contributed by atoms with Gasteiger partial charge in [-0.3, -0.25) is 14.5 Å². The second kappa shape index (κ2) is 5.36. The van der Waals surface area contributed by atoms with Gasteiger partial charge in [0, 0.05) is 30.9 Å². The van der Waals surface area contributed by atoms with Crippen molar-refractivity contribution in [1.29, 1.82) is 0 Å². The molecule has 0 aromatic carbocycles. The number of amides is 2. The first kappa shape index (κ1) is 14.4. The van der Waals surface area contributed by atoms with Crippen molar-refractivity contribution in [1.82, 2.24) is 9.96 Å². The van der Waals surface area contributed by atoms with Crippen LogP contribution in [0.3, 0.4) is 0 Å². The van der Waals surface area contributed by atoms with Gasteiger partial charge in [0.2, 0.25) is 5.91 Å². The highest BCUT2D eigenvalue weighted by Gasteiger charge is 2.55. The average Bonchev–Trinajstić information content (AvgIpc) is 3.05. The zero-order valence-electron chi connectivity index (χ0n) is 11.5. The summed E-state index contributed by atoms with van der Waals surface area (Å²) in [4.78, 5) is 30.5. The number of alkyl halides is 1. The van der Waals surface area contributed by atoms with E-state index >= 15 is 4.39 Å². The number of hydrogen-bond acceptors (Lipinski definition) is 6. The molecule has 0 bridgehead atoms. The second-order valence-electron chi connectivity index (χ2n) is 4.99. The summed E-state index contributed by atoms with van der Waals surface area (Å²) < 4.78 is 20.0. The van der Waals surface area contributed by atoms with Crippen LogP contribution in [0.15, 0.2) is 10.8 Å². The fraction of sp³-hybridized carbons (Fsp3) is 0.538. The number of methoxy groups -OCH3 is 1. The molecule has 0 spiro atoms. The average molecular weight is 314 g/mol. The van der Waals surface area contributed by atoms with Gasteiger partial charge in [-0.15, -0.1) is 11.3 Å². The lowest BCUT2D eigenvalue weighted by molar-refractivity contribution is -0.218. The summed E-state index contributed by atoms with van der Waals surface area (Å²) in [6, 6.07) is 0. The third kappa shape index (κ3) is 2.33. The fourth-order valence-electron chi connectivity index (χ4n) is 2.49. The van der Waals surface area contributed by atoms with Crippen LogP contribution in [0.25, 0.3) is 0 Å². The SMILES string of the molecule is COCCN1C(=O)CCC(F)(N2Cc3cscc3O2)C1=O. The summed E-state index contributed by atoms with van der Waals surface area (Å²) in [7, 11) is 1.46. The normalized spacial score (nSPS) is 26.1. The number of carbonyl (C=O) groups is 2. The summed E-state index contributed by atoms with van der Waals surface area (Å²) >= 11 is 1.46. The predicted octanol–water partition coefficient (Wildman–Crippen LogP) is 1.32. The highest BCUT2D eigenvalue weighted by molar-refractivity contribution is 7.08. The maximum atomic E-state index is 15.2. The molecule has 8 heteroatoms. The van der Waals surface area contributed by atoms with Gasteiger partial charge in [-0.2, -0.15) is 0 Å². The maximum absolute atomic E-state index is 15.2. The van der Waals surface area contributed by atoms with Crippen LogP contribution in [0.1, 0.15) is 18.4 Å². The standard InChI is InChI=1S/C13H15FN2O4S/c1-19-5-4-15-11(17)2-3-13(14,12(15)18)16-6-9-7-21-8-10(9)20-16/h7-8H,2-6H2,1H3. The Morgan fingerprint density at radius 1 is 1.48 bits per heavy atom. The predicted molar refractivity (Wildman–Crippen MR) is 72.2 cm³/mol. The zero-order valence-corrected chi connectivity index (χ0v) is 12.3. The van der Waals surface area contributed by atoms with Gasteiger partial charge in [-0.1, -0.05) is 5.06 Å². The molecule has 3 heterocycles. The molecular weight excluding hydrogens is 299 g/mol. The third-order valence-corrected chi connectivity index (χ3v) is 4.45. The van der Waals surface area contributed by atoms with Gasteiger partial charge < -0.3 is 9.57 Å². The molecule has 2 amide bonds. The van der Waals surface area contributed by atoms with Crippen molar-refractivity contribution in [3.05, 3.63) is 16.3 Å². The number of hydroxylamine groups is 2. The number of rotatable bonds is 4. The minimum absolute atomic E-state index is 0.0291. The van der Waals surface area contributed by atoms with Crippen LogP contribution in [0, 0.1) is 0 Å². The van der Waals surface area contributed by atoms with Crippen molar-refractivity contribution in [2.45, 2.75) is 25.2 Å². The van der Waals surface area contributed by atoms with Crippen LogP contribution in [0.5, 0.6) is 5.75 Å². The quantitative estimate of drug-likeness (QED) is 0.620. The molecule has 2 aliphatic heterocycles. The van der Waals surface area contributed by atoms with E-state index in [4.69, 9.17) is 9.57 Å². The number of carbonyl (C=O) groups excluding carboxylic acids is 2. The number of ether oxygens (including phenoxy) is 1. The number of nitrogens with zero attached hydrogens (tertiary/aromatic N) is 2. The lowest BCUT2D eigenvalue weighted by atomic mass is 10.0. The van der Waals surface area contributed by atoms with Crippen LogP contribution in [0.4, 0.5) is 4.39 Å². The molecule has 21 heavy (non-hydrogen) atoms. The van der Waals surface area contributed by atoms with Crippen molar-refractivity contribution in [3.8, 4) is 5.75 Å². The van der Waals surface area contributed by atoms with Crippen LogP contribution in [-0.4, -0.2) is 47.8 Å². The van der Waals surface area contributed by atoms with E-state index in [1.807, 2.05) is 5.38 Å². The van der Waals surface area contributed by atoms with Gasteiger partial charge in [-0.05, 0) is 5.38 Å². The minimum Gasteiger partial charge on any atom is -0.401 e. The molecule has 1 aromatic rings. The second-order valence-corrected chi connectivity index (χ2v) is 5.74. The van der Waals surface area contributed by atoms with Gasteiger partial charge in [0.25, 0.3) is 11.7 Å². The summed E-state index contributed by atoms with van der Waals surface area (Å²) in [6.07, 6.45) is -0.222. The van der Waals surface area contributed by atoms with E-state index in [-0.39, 0.29) is 38.4 Å². The molecule has 3 rings (SSSR count). The molecule has 1 saturated heterocycles. The van der Waals surface area contributed by atoms with E-state index < -0.39 is 11.7 Å². The van der Waals surface area contributed by atoms with Crippen LogP contribution in [-0.2, 0) is 20.9 Å². The minimum atomic E-state index is -2.31. The summed E-state index contributed by atoms with van der Waals surface area (Å²) in [5, 5.41) is 4.67. The number of piperidine rings is 1. The van der Waals surface area contributed by atoms with E-state index in [2.05, 4.69) is 0 Å². The highest BCUT2D eigenvalue weighted by atomic mass is 32.1. The largest absolute Gasteiger partial charge is 0.401 e. The van der Waals surface area contributed by atoms with Crippen molar-refractivity contribution < 1.29 is 23.6 Å². The van der Waals surface area contributed by atoms with Crippen molar-refractivity contribution in [2.75, 3.05) is 20.3 Å². The molecule has 2 aliphatic rings. The van der Waals surface area contributed by atoms with E-state index in [0.717, 1.165) is 15.5 Å². The molecule has 0 radical (unpaired) electrons. The monoisotopic (exact) mass is 314 g/mol. The van der Waals surface area contributed by atoms with Crippen molar-refractivity contribution in [3.63, 3.8) is 0 Å². The van der Waals surface area contributed by atoms with E-state index in [1.54, 1.807) is 5.38 Å². The summed E-state index contributed by atoms with van der Waals surface area (Å²) in [5.74, 6) is -2.98. The lowest BCUT2D eigenvalue weighted by Gasteiger charge is -2.38. The van der Waals surface area contributed by atoms with Crippen LogP contribution < -0.4 is 4.84 Å². The third-order valence-electron chi connectivity index (χ3n) is 3.68. The first-order valence-corrected chi connectivity index (χ1v) is 7.54. The molecule has 1 fully saturated rings. The van der Waals surface area contributed by atoms with Gasteiger partial charge in [-0.25, -0.2) is 4.39 Å². The van der Waals surface area contributed by atoms with Crippen molar-refractivity contribution >= 4 is 23.2 Å². The fourth-order valence-corrected chi connectivity index (χ4v) is 3.23. The van der Waals surface area contributed by atoms with E-state index in [0.29, 0.717) is 5.75 Å². The molecule has 0 saturated carbocycles. The van der Waals surface area contributed by atoms with Gasteiger partial charge in [0.1, 0.15) is 0 Å². The smallest absolute Gasteiger partial charge is 0.285 e. The molecule has 1 aromatic heterocycles. The number of likely N-dealkylation sites (tertiary alicyclic amines) is 1. The lowest BCUT2D eigenvalue weighted by Crippen LogP contribution is -2.61. The van der Waals surface area contributed by atoms with Gasteiger partial charge in [0.15, 0.2) is 5.75 Å². The number of halogens is 1. The Labute approximate surface area is 125 Å². The number of thiophene rings is 1. The molecule has 1 unspecified atom stereocenters. The first-order valence-electron chi connectivity index (χ1n) is 6.59. The zero-order chi connectivity index (χ0) is 15.0. The molecule has 0 N–H and O–H groups in total. The Morgan fingerprint density at radius 2 is 2.29 bits per heavy atom. The van der Waals surface area contributed by atoms with Gasteiger partial charge in [0.05, 0.1) is 19.7 Å². The summed E-state index contributed by atoms with van der Waals surface area (Å²) in [5.41, 5.74) is 0.852. The van der Waals surface area contributed by atoms with Gasteiger partial charge >= 0.3 is 0 Å². The molecule has 1 atom stereocenters. The molecule has 0 aliphatic carbocycles.